The fraction of sp³-hybridized carbons (Fsp3) is 0.167. The molecular formula is C24H23N3O7. The van der Waals surface area contributed by atoms with Gasteiger partial charge in [-0.05, 0) is 53.1 Å². The van der Waals surface area contributed by atoms with Gasteiger partial charge in [-0.25, -0.2) is 0 Å². The Kier molecular flexibility index (Phi) is 9.77. The highest BCUT2D eigenvalue weighted by Crippen LogP contribution is 2.29. The summed E-state index contributed by atoms with van der Waals surface area (Å²) in [4.78, 5) is 27.6. The van der Waals surface area contributed by atoms with Gasteiger partial charge in [0.25, 0.3) is 0 Å². The van der Waals surface area contributed by atoms with Gasteiger partial charge in [0, 0.05) is 4.91 Å². The van der Waals surface area contributed by atoms with E-state index in [-0.39, 0.29) is 6.73 Å². The molecule has 34 heavy (non-hydrogen) atoms. The Labute approximate surface area is 196 Å². The van der Waals surface area contributed by atoms with Crippen LogP contribution in [0.15, 0.2) is 65.5 Å². The Morgan fingerprint density at radius 3 is 1.85 bits per heavy atom. The van der Waals surface area contributed by atoms with Crippen molar-refractivity contribution < 1.29 is 33.6 Å². The summed E-state index contributed by atoms with van der Waals surface area (Å²) in [6, 6.07) is 9.88. The lowest BCUT2D eigenvalue weighted by Crippen LogP contribution is -2.08. The molecule has 2 rings (SSSR count). The van der Waals surface area contributed by atoms with Gasteiger partial charge in [0.2, 0.25) is 0 Å². The van der Waals surface area contributed by atoms with Crippen LogP contribution in [0.5, 0.6) is 23.0 Å². The van der Waals surface area contributed by atoms with Gasteiger partial charge in [-0.2, -0.15) is 0 Å². The first-order chi connectivity index (χ1) is 16.5. The Balaban J connectivity index is 2.15. The maximum Gasteiger partial charge on any atom is 0.192 e. The fourth-order valence-corrected chi connectivity index (χ4v) is 2.76. The molecule has 0 spiro atoms. The molecular weight excluding hydrogens is 442 g/mol. The zero-order valence-electron chi connectivity index (χ0n) is 18.8. The van der Waals surface area contributed by atoms with E-state index in [1.165, 1.54) is 39.6 Å². The van der Waals surface area contributed by atoms with E-state index in [1.54, 1.807) is 36.4 Å². The molecule has 10 nitrogen and oxygen atoms in total. The molecule has 10 heteroatoms. The quantitative estimate of drug-likeness (QED) is 0.0914. The Morgan fingerprint density at radius 2 is 1.38 bits per heavy atom. The van der Waals surface area contributed by atoms with Crippen molar-refractivity contribution in [1.29, 1.82) is 0 Å². The second-order valence-electron chi connectivity index (χ2n) is 6.47. The minimum absolute atomic E-state index is 0.239. The van der Waals surface area contributed by atoms with Crippen molar-refractivity contribution in [2.24, 2.45) is 5.11 Å². The van der Waals surface area contributed by atoms with E-state index in [1.807, 2.05) is 0 Å². The number of carbonyl (C=O) groups excluding carboxylic acids is 2. The molecule has 0 unspecified atom stereocenters. The first kappa shape index (κ1) is 25.6. The zero-order chi connectivity index (χ0) is 24.9. The second-order valence-corrected chi connectivity index (χ2v) is 6.47. The average Bonchev–Trinajstić information content (AvgIpc) is 2.86. The summed E-state index contributed by atoms with van der Waals surface area (Å²) in [5.74, 6) is 0.347. The van der Waals surface area contributed by atoms with E-state index in [9.17, 15) is 14.7 Å². The number of allylic oxidation sites excluding steroid dienone is 3. The molecule has 1 N–H and O–H groups in total. The van der Waals surface area contributed by atoms with Crippen LogP contribution in [0.2, 0.25) is 0 Å². The lowest BCUT2D eigenvalue weighted by atomic mass is 10.0. The summed E-state index contributed by atoms with van der Waals surface area (Å²) in [5, 5.41) is 12.8. The molecule has 0 aromatic heterocycles. The molecule has 176 valence electrons. The van der Waals surface area contributed by atoms with Gasteiger partial charge in [0.1, 0.15) is 5.57 Å². The predicted octanol–water partition coefficient (Wildman–Crippen LogP) is 4.67. The van der Waals surface area contributed by atoms with Crippen molar-refractivity contribution >= 4 is 23.7 Å². The van der Waals surface area contributed by atoms with Gasteiger partial charge < -0.3 is 24.1 Å². The molecule has 0 aliphatic rings. The average molecular weight is 465 g/mol. The van der Waals surface area contributed by atoms with Crippen LogP contribution in [0.3, 0.4) is 0 Å². The molecule has 0 fully saturated rings. The van der Waals surface area contributed by atoms with E-state index in [0.29, 0.717) is 40.4 Å². The first-order valence-corrected chi connectivity index (χ1v) is 9.80. The molecule has 0 heterocycles. The Hall–Kier alpha value is -4.69. The predicted molar refractivity (Wildman–Crippen MR) is 126 cm³/mol. The zero-order valence-corrected chi connectivity index (χ0v) is 18.8. The molecule has 0 bridgehead atoms. The van der Waals surface area contributed by atoms with E-state index < -0.39 is 17.1 Å². The van der Waals surface area contributed by atoms with E-state index >= 15 is 0 Å². The van der Waals surface area contributed by atoms with Crippen LogP contribution in [-0.2, 0) is 9.59 Å². The fourth-order valence-electron chi connectivity index (χ4n) is 2.76. The van der Waals surface area contributed by atoms with Crippen molar-refractivity contribution in [1.82, 2.24) is 0 Å². The van der Waals surface area contributed by atoms with Gasteiger partial charge >= 0.3 is 0 Å². The summed E-state index contributed by atoms with van der Waals surface area (Å²) in [6.45, 7) is -0.239. The minimum Gasteiger partial charge on any atom is -0.515 e. The third kappa shape index (κ3) is 6.91. The van der Waals surface area contributed by atoms with Crippen LogP contribution in [0.25, 0.3) is 22.6 Å². The maximum atomic E-state index is 12.5. The number of azide groups is 1. The van der Waals surface area contributed by atoms with Crippen LogP contribution in [0, 0.1) is 0 Å². The number of aliphatic hydroxyl groups excluding tert-OH is 1. The Bertz CT molecular complexity index is 1180. The van der Waals surface area contributed by atoms with Crippen molar-refractivity contribution in [3.8, 4) is 23.0 Å². The highest BCUT2D eigenvalue weighted by molar-refractivity contribution is 6.28. The number of nitrogens with zero attached hydrogens (tertiary/aromatic N) is 3. The molecule has 2 aromatic carbocycles. The summed E-state index contributed by atoms with van der Waals surface area (Å²) in [7, 11) is 4.46. The summed E-state index contributed by atoms with van der Waals surface area (Å²) in [5.41, 5.74) is 9.14. The molecule has 0 amide bonds. The molecule has 0 aliphatic carbocycles. The van der Waals surface area contributed by atoms with Crippen molar-refractivity contribution in [3.05, 3.63) is 82.0 Å². The molecule has 0 atom stereocenters. The molecule has 0 aliphatic heterocycles. The molecule has 0 radical (unpaired) electrons. The second kappa shape index (κ2) is 13.0. The number of ketones is 2. The van der Waals surface area contributed by atoms with Gasteiger partial charge in [0.05, 0.1) is 27.6 Å². The van der Waals surface area contributed by atoms with E-state index in [0.717, 1.165) is 6.08 Å². The van der Waals surface area contributed by atoms with Gasteiger partial charge in [0.15, 0.2) is 41.3 Å². The van der Waals surface area contributed by atoms with E-state index in [4.69, 9.17) is 24.5 Å². The first-order valence-electron chi connectivity index (χ1n) is 9.80. The normalized spacial score (nSPS) is 11.2. The lowest BCUT2D eigenvalue weighted by Gasteiger charge is -2.09. The van der Waals surface area contributed by atoms with Crippen molar-refractivity contribution in [2.75, 3.05) is 28.1 Å². The van der Waals surface area contributed by atoms with Crippen LogP contribution in [-0.4, -0.2) is 44.7 Å². The number of hydrogen-bond donors (Lipinski definition) is 1. The number of benzene rings is 2. The maximum absolute atomic E-state index is 12.5. The number of rotatable bonds is 12. The molecule has 2 aromatic rings. The third-order valence-electron chi connectivity index (χ3n) is 4.45. The summed E-state index contributed by atoms with van der Waals surface area (Å²) >= 11 is 0. The largest absolute Gasteiger partial charge is 0.515 e. The van der Waals surface area contributed by atoms with Crippen LogP contribution in [0.4, 0.5) is 0 Å². The highest BCUT2D eigenvalue weighted by atomic mass is 16.5. The number of hydrogen-bond acceptors (Lipinski definition) is 8. The minimum atomic E-state index is -0.697. The third-order valence-corrected chi connectivity index (χ3v) is 4.45. The summed E-state index contributed by atoms with van der Waals surface area (Å²) < 4.78 is 20.9. The number of aliphatic hydroxyl groups is 1. The molecule has 0 saturated heterocycles. The Morgan fingerprint density at radius 1 is 0.882 bits per heavy atom. The SMILES string of the molecule is COc1ccc(/C=C/C(=O)C(=CO)C(=O)/C=C/c2ccc(OC)c(OCN=[N+]=[N-])c2)cc1OC. The van der Waals surface area contributed by atoms with Crippen LogP contribution >= 0.6 is 0 Å². The summed E-state index contributed by atoms with van der Waals surface area (Å²) in [6.07, 6.45) is 5.71. The van der Waals surface area contributed by atoms with Crippen molar-refractivity contribution in [2.45, 2.75) is 0 Å². The standard InChI is InChI=1S/C24H23N3O7/c1-31-21-10-6-16(12-23(21)33-3)4-8-19(29)18(14-28)20(30)9-5-17-7-11-22(32-2)24(13-17)34-15-26-27-25/h4-14,28H,15H2,1-3H3/b8-4+,9-5+,18-14?. The monoisotopic (exact) mass is 465 g/mol. The lowest BCUT2D eigenvalue weighted by molar-refractivity contribution is -0.116. The molecule has 0 saturated carbocycles. The van der Waals surface area contributed by atoms with Gasteiger partial charge in [-0.1, -0.05) is 29.4 Å². The van der Waals surface area contributed by atoms with Crippen molar-refractivity contribution in [3.63, 3.8) is 0 Å². The highest BCUT2D eigenvalue weighted by Gasteiger charge is 2.14. The number of methoxy groups -OCH3 is 3. The van der Waals surface area contributed by atoms with Gasteiger partial charge in [-0.3, -0.25) is 9.59 Å². The number of ether oxygens (including phenoxy) is 4. The van der Waals surface area contributed by atoms with E-state index in [2.05, 4.69) is 10.0 Å². The van der Waals surface area contributed by atoms with Gasteiger partial charge in [-0.15, -0.1) is 0 Å². The van der Waals surface area contributed by atoms with Crippen LogP contribution < -0.4 is 18.9 Å². The topological polar surface area (TPSA) is 140 Å². The number of carbonyl (C=O) groups is 2. The van der Waals surface area contributed by atoms with Crippen LogP contribution in [0.1, 0.15) is 11.1 Å². The smallest absolute Gasteiger partial charge is 0.192 e.